The van der Waals surface area contributed by atoms with Gasteiger partial charge in [-0.05, 0) is 38.3 Å². The number of hydrogen-bond donors (Lipinski definition) is 1. The topological polar surface area (TPSA) is 15.3 Å². The molecule has 2 atom stereocenters. The Kier molecular flexibility index (Phi) is 3.78. The lowest BCUT2D eigenvalue weighted by Gasteiger charge is -2.27. The Balaban J connectivity index is 1.98. The van der Waals surface area contributed by atoms with Gasteiger partial charge in [-0.15, -0.1) is 11.3 Å². The largest absolute Gasteiger partial charge is 0.313 e. The van der Waals surface area contributed by atoms with Crippen LogP contribution in [0.5, 0.6) is 0 Å². The second kappa shape index (κ2) is 5.10. The number of thiophene rings is 1. The van der Waals surface area contributed by atoms with Crippen LogP contribution in [0, 0.1) is 0 Å². The van der Waals surface area contributed by atoms with Crippen LogP contribution in [0.25, 0.3) is 0 Å². The van der Waals surface area contributed by atoms with Crippen molar-refractivity contribution in [3.8, 4) is 0 Å². The summed E-state index contributed by atoms with van der Waals surface area (Å²) in [5.41, 5.74) is 0. The van der Waals surface area contributed by atoms with Crippen molar-refractivity contribution in [2.24, 2.45) is 0 Å². The highest BCUT2D eigenvalue weighted by molar-refractivity contribution is 7.09. The molecule has 2 nitrogen and oxygen atoms in total. The standard InChI is InChI=1S/C12H20N2S/c1-10-8-14(11(2)5-6-13-10)9-12-4-3-7-15-12/h3-4,7,10-11,13H,5-6,8-9H2,1-2H3. The van der Waals surface area contributed by atoms with Gasteiger partial charge in [-0.3, -0.25) is 4.90 Å². The predicted molar refractivity (Wildman–Crippen MR) is 66.3 cm³/mol. The molecule has 0 bridgehead atoms. The molecule has 2 rings (SSSR count). The average molecular weight is 224 g/mol. The maximum atomic E-state index is 3.55. The van der Waals surface area contributed by atoms with Crippen molar-refractivity contribution in [2.45, 2.75) is 38.9 Å². The number of rotatable bonds is 2. The molecule has 84 valence electrons. The zero-order valence-corrected chi connectivity index (χ0v) is 10.4. The lowest BCUT2D eigenvalue weighted by atomic mass is 10.2. The van der Waals surface area contributed by atoms with Crippen LogP contribution >= 0.6 is 11.3 Å². The molecule has 1 saturated heterocycles. The average Bonchev–Trinajstić information content (AvgIpc) is 2.63. The van der Waals surface area contributed by atoms with Crippen LogP contribution in [0.4, 0.5) is 0 Å². The SMILES string of the molecule is CC1CN(Cc2cccs2)C(C)CCN1. The summed E-state index contributed by atoms with van der Waals surface area (Å²) in [6.07, 6.45) is 1.26. The van der Waals surface area contributed by atoms with E-state index >= 15 is 0 Å². The van der Waals surface area contributed by atoms with Crippen molar-refractivity contribution in [3.63, 3.8) is 0 Å². The van der Waals surface area contributed by atoms with Crippen LogP contribution < -0.4 is 5.32 Å². The minimum atomic E-state index is 0.620. The second-order valence-electron chi connectivity index (χ2n) is 4.50. The Labute approximate surface area is 96.3 Å². The van der Waals surface area contributed by atoms with Crippen LogP contribution in [0.1, 0.15) is 25.1 Å². The molecular weight excluding hydrogens is 204 g/mol. The van der Waals surface area contributed by atoms with Crippen LogP contribution in [0.2, 0.25) is 0 Å². The van der Waals surface area contributed by atoms with E-state index in [-0.39, 0.29) is 0 Å². The molecule has 1 aromatic rings. The van der Waals surface area contributed by atoms with Crippen molar-refractivity contribution >= 4 is 11.3 Å². The summed E-state index contributed by atoms with van der Waals surface area (Å²) in [6, 6.07) is 5.70. The predicted octanol–water partition coefficient (Wildman–Crippen LogP) is 2.32. The molecule has 0 radical (unpaired) electrons. The third kappa shape index (κ3) is 3.03. The van der Waals surface area contributed by atoms with Gasteiger partial charge in [0.2, 0.25) is 0 Å². The van der Waals surface area contributed by atoms with Gasteiger partial charge in [0.25, 0.3) is 0 Å². The van der Waals surface area contributed by atoms with Gasteiger partial charge in [0.1, 0.15) is 0 Å². The molecule has 0 aromatic carbocycles. The molecule has 1 aromatic heterocycles. The van der Waals surface area contributed by atoms with Crippen molar-refractivity contribution in [3.05, 3.63) is 22.4 Å². The van der Waals surface area contributed by atoms with Gasteiger partial charge in [0.15, 0.2) is 0 Å². The first-order valence-electron chi connectivity index (χ1n) is 5.75. The highest BCUT2D eigenvalue weighted by atomic mass is 32.1. The Bertz CT molecular complexity index is 284. The molecule has 0 spiro atoms. The van der Waals surface area contributed by atoms with Crippen molar-refractivity contribution in [1.82, 2.24) is 10.2 Å². The first-order chi connectivity index (χ1) is 7.25. The van der Waals surface area contributed by atoms with E-state index in [1.54, 1.807) is 0 Å². The van der Waals surface area contributed by atoms with E-state index in [1.807, 2.05) is 11.3 Å². The van der Waals surface area contributed by atoms with Gasteiger partial charge in [0.05, 0.1) is 0 Å². The van der Waals surface area contributed by atoms with Gasteiger partial charge < -0.3 is 5.32 Å². The van der Waals surface area contributed by atoms with Crippen molar-refractivity contribution < 1.29 is 0 Å². The molecule has 1 N–H and O–H groups in total. The van der Waals surface area contributed by atoms with Crippen LogP contribution in [0.15, 0.2) is 17.5 Å². The third-order valence-corrected chi connectivity index (χ3v) is 3.99. The van der Waals surface area contributed by atoms with Gasteiger partial charge in [-0.1, -0.05) is 6.07 Å². The zero-order chi connectivity index (χ0) is 10.7. The summed E-state index contributed by atoms with van der Waals surface area (Å²) in [6.45, 7) is 8.06. The molecule has 1 aliphatic heterocycles. The smallest absolute Gasteiger partial charge is 0.0331 e. The summed E-state index contributed by atoms with van der Waals surface area (Å²) >= 11 is 1.86. The Hall–Kier alpha value is -0.380. The van der Waals surface area contributed by atoms with Crippen molar-refractivity contribution in [2.75, 3.05) is 13.1 Å². The molecule has 15 heavy (non-hydrogen) atoms. The first kappa shape index (κ1) is 11.1. The van der Waals surface area contributed by atoms with E-state index in [4.69, 9.17) is 0 Å². The van der Waals surface area contributed by atoms with E-state index in [0.29, 0.717) is 12.1 Å². The highest BCUT2D eigenvalue weighted by Crippen LogP contribution is 2.16. The fourth-order valence-corrected chi connectivity index (χ4v) is 2.87. The summed E-state index contributed by atoms with van der Waals surface area (Å²) in [5, 5.41) is 5.71. The van der Waals surface area contributed by atoms with Gasteiger partial charge in [-0.25, -0.2) is 0 Å². The second-order valence-corrected chi connectivity index (χ2v) is 5.53. The molecule has 1 fully saturated rings. The van der Waals surface area contributed by atoms with E-state index in [9.17, 15) is 0 Å². The zero-order valence-electron chi connectivity index (χ0n) is 9.57. The number of nitrogens with one attached hydrogen (secondary N) is 1. The van der Waals surface area contributed by atoms with Crippen LogP contribution in [0.3, 0.4) is 0 Å². The molecule has 2 heterocycles. The van der Waals surface area contributed by atoms with Gasteiger partial charge in [0, 0.05) is 30.1 Å². The molecular formula is C12H20N2S. The van der Waals surface area contributed by atoms with Crippen LogP contribution in [-0.4, -0.2) is 30.1 Å². The van der Waals surface area contributed by atoms with Gasteiger partial charge in [-0.2, -0.15) is 0 Å². The van der Waals surface area contributed by atoms with Gasteiger partial charge >= 0.3 is 0 Å². The maximum absolute atomic E-state index is 3.55. The molecule has 3 heteroatoms. The lowest BCUT2D eigenvalue weighted by Crippen LogP contribution is -2.37. The Morgan fingerprint density at radius 2 is 2.40 bits per heavy atom. The van der Waals surface area contributed by atoms with Crippen LogP contribution in [-0.2, 0) is 6.54 Å². The third-order valence-electron chi connectivity index (χ3n) is 3.13. The quantitative estimate of drug-likeness (QED) is 0.829. The minimum absolute atomic E-state index is 0.620. The maximum Gasteiger partial charge on any atom is 0.0331 e. The minimum Gasteiger partial charge on any atom is -0.313 e. The van der Waals surface area contributed by atoms with E-state index in [1.165, 1.54) is 17.8 Å². The fraction of sp³-hybridized carbons (Fsp3) is 0.667. The fourth-order valence-electron chi connectivity index (χ4n) is 2.14. The number of hydrogen-bond acceptors (Lipinski definition) is 3. The summed E-state index contributed by atoms with van der Waals surface area (Å²) in [4.78, 5) is 4.08. The first-order valence-corrected chi connectivity index (χ1v) is 6.63. The Morgan fingerprint density at radius 1 is 1.53 bits per heavy atom. The molecule has 0 aliphatic carbocycles. The van der Waals surface area contributed by atoms with Crippen molar-refractivity contribution in [1.29, 1.82) is 0 Å². The Morgan fingerprint density at radius 3 is 3.13 bits per heavy atom. The highest BCUT2D eigenvalue weighted by Gasteiger charge is 2.20. The molecule has 2 unspecified atom stereocenters. The molecule has 1 aliphatic rings. The summed E-state index contributed by atoms with van der Waals surface area (Å²) < 4.78 is 0. The monoisotopic (exact) mass is 224 g/mol. The normalized spacial score (nSPS) is 28.9. The molecule has 0 amide bonds. The van der Waals surface area contributed by atoms with E-state index < -0.39 is 0 Å². The summed E-state index contributed by atoms with van der Waals surface area (Å²) in [7, 11) is 0. The van der Waals surface area contributed by atoms with E-state index in [0.717, 1.165) is 13.1 Å². The number of nitrogens with zero attached hydrogens (tertiary/aromatic N) is 1. The summed E-state index contributed by atoms with van der Waals surface area (Å²) in [5.74, 6) is 0. The molecule has 0 saturated carbocycles. The lowest BCUT2D eigenvalue weighted by molar-refractivity contribution is 0.200. The van der Waals surface area contributed by atoms with E-state index in [2.05, 4.69) is 41.6 Å².